The van der Waals surface area contributed by atoms with Gasteiger partial charge in [-0.25, -0.2) is 0 Å². The van der Waals surface area contributed by atoms with Crippen molar-refractivity contribution >= 4 is 12.6 Å². The van der Waals surface area contributed by atoms with Gasteiger partial charge >= 0.3 is 0 Å². The Morgan fingerprint density at radius 2 is 1.33 bits per heavy atom. The summed E-state index contributed by atoms with van der Waals surface area (Å²) in [5, 5.41) is 0. The molecule has 0 aromatic carbocycles. The van der Waals surface area contributed by atoms with Gasteiger partial charge in [-0.05, 0) is 25.3 Å². The summed E-state index contributed by atoms with van der Waals surface area (Å²) in [7, 11) is 0. The monoisotopic (exact) mass is 252 g/mol. The van der Waals surface area contributed by atoms with Crippen LogP contribution in [0.1, 0.15) is 65.2 Å². The van der Waals surface area contributed by atoms with Gasteiger partial charge in [0, 0.05) is 6.42 Å². The van der Waals surface area contributed by atoms with Gasteiger partial charge in [0.05, 0.1) is 0 Å². The van der Waals surface area contributed by atoms with Gasteiger partial charge in [0.1, 0.15) is 12.6 Å². The van der Waals surface area contributed by atoms with E-state index in [0.717, 1.165) is 31.8 Å². The first-order chi connectivity index (χ1) is 8.83. The standard InChI is InChI=1S/C10H16O.C6H12O/c1-2-3-4-5-6-7-8-9-10-11;1-2-3-4-5-6-7/h6-10H,2-5H2,1H3;6H,2-5H2,1H3/b7-6+,9-8+;. The molecule has 0 saturated heterocycles. The van der Waals surface area contributed by atoms with Crippen LogP contribution in [0.4, 0.5) is 0 Å². The summed E-state index contributed by atoms with van der Waals surface area (Å²) in [6.07, 6.45) is 18.2. The third-order valence-electron chi connectivity index (χ3n) is 2.34. The third-order valence-corrected chi connectivity index (χ3v) is 2.34. The van der Waals surface area contributed by atoms with Crippen molar-refractivity contribution in [2.75, 3.05) is 0 Å². The predicted octanol–water partition coefficient (Wildman–Crippen LogP) is 4.64. The van der Waals surface area contributed by atoms with Crippen molar-refractivity contribution in [2.24, 2.45) is 0 Å². The van der Waals surface area contributed by atoms with Crippen LogP contribution < -0.4 is 0 Å². The Morgan fingerprint density at radius 1 is 0.722 bits per heavy atom. The van der Waals surface area contributed by atoms with E-state index in [2.05, 4.69) is 19.9 Å². The molecular weight excluding hydrogens is 224 g/mol. The molecule has 0 radical (unpaired) electrons. The highest BCUT2D eigenvalue weighted by Crippen LogP contribution is 1.99. The number of carbonyl (C=O) groups is 2. The van der Waals surface area contributed by atoms with Crippen LogP contribution >= 0.6 is 0 Å². The summed E-state index contributed by atoms with van der Waals surface area (Å²) < 4.78 is 0. The molecule has 0 bridgehead atoms. The number of unbranched alkanes of at least 4 members (excludes halogenated alkanes) is 6. The van der Waals surface area contributed by atoms with Crippen LogP contribution in [-0.4, -0.2) is 12.6 Å². The number of hydrogen-bond donors (Lipinski definition) is 0. The fourth-order valence-electron chi connectivity index (χ4n) is 1.27. The molecule has 0 saturated carbocycles. The van der Waals surface area contributed by atoms with Crippen LogP contribution in [0.2, 0.25) is 0 Å². The highest BCUT2D eigenvalue weighted by molar-refractivity contribution is 5.65. The van der Waals surface area contributed by atoms with Crippen LogP contribution in [0.15, 0.2) is 24.3 Å². The van der Waals surface area contributed by atoms with Crippen LogP contribution in [0.5, 0.6) is 0 Å². The minimum Gasteiger partial charge on any atom is -0.303 e. The number of allylic oxidation sites excluding steroid dienone is 4. The highest BCUT2D eigenvalue weighted by Gasteiger charge is 1.80. The van der Waals surface area contributed by atoms with Gasteiger partial charge in [0.25, 0.3) is 0 Å². The first-order valence-electron chi connectivity index (χ1n) is 7.04. The van der Waals surface area contributed by atoms with Crippen molar-refractivity contribution in [1.82, 2.24) is 0 Å². The average molecular weight is 252 g/mol. The Balaban J connectivity index is 0. The molecule has 0 N–H and O–H groups in total. The number of carbonyl (C=O) groups excluding carboxylic acids is 2. The normalized spacial score (nSPS) is 10.3. The molecular formula is C16H28O2. The SMILES string of the molecule is CCCCC/C=C/C=C/C=O.CCCCCC=O. The average Bonchev–Trinajstić information content (AvgIpc) is 2.39. The van der Waals surface area contributed by atoms with E-state index in [1.165, 1.54) is 38.2 Å². The first kappa shape index (κ1) is 19.2. The van der Waals surface area contributed by atoms with Gasteiger partial charge < -0.3 is 4.79 Å². The minimum absolute atomic E-state index is 0.744. The molecule has 18 heavy (non-hydrogen) atoms. The summed E-state index contributed by atoms with van der Waals surface area (Å²) in [6.45, 7) is 4.32. The molecule has 0 aromatic rings. The lowest BCUT2D eigenvalue weighted by Gasteiger charge is -1.89. The van der Waals surface area contributed by atoms with Gasteiger partial charge in [-0.15, -0.1) is 0 Å². The molecule has 0 amide bonds. The summed E-state index contributed by atoms with van der Waals surface area (Å²) in [4.78, 5) is 19.5. The van der Waals surface area contributed by atoms with E-state index in [1.807, 2.05) is 6.08 Å². The maximum atomic E-state index is 9.82. The Bertz CT molecular complexity index is 217. The Hall–Kier alpha value is -1.18. The third kappa shape index (κ3) is 24.2. The zero-order chi connectivity index (χ0) is 13.9. The van der Waals surface area contributed by atoms with E-state index in [1.54, 1.807) is 6.08 Å². The molecule has 0 spiro atoms. The zero-order valence-electron chi connectivity index (χ0n) is 11.9. The highest BCUT2D eigenvalue weighted by atomic mass is 16.1. The quantitative estimate of drug-likeness (QED) is 0.245. The van der Waals surface area contributed by atoms with E-state index in [4.69, 9.17) is 0 Å². The molecule has 0 aromatic heterocycles. The van der Waals surface area contributed by atoms with Gasteiger partial charge in [-0.2, -0.15) is 0 Å². The molecule has 0 rings (SSSR count). The van der Waals surface area contributed by atoms with Gasteiger partial charge in [-0.3, -0.25) is 4.79 Å². The molecule has 2 nitrogen and oxygen atoms in total. The van der Waals surface area contributed by atoms with Gasteiger partial charge in [0.15, 0.2) is 0 Å². The van der Waals surface area contributed by atoms with E-state index in [-0.39, 0.29) is 0 Å². The van der Waals surface area contributed by atoms with E-state index in [0.29, 0.717) is 0 Å². The lowest BCUT2D eigenvalue weighted by Crippen LogP contribution is -1.73. The van der Waals surface area contributed by atoms with Crippen molar-refractivity contribution < 1.29 is 9.59 Å². The summed E-state index contributed by atoms with van der Waals surface area (Å²) in [5.74, 6) is 0. The summed E-state index contributed by atoms with van der Waals surface area (Å²) in [6, 6.07) is 0. The molecule has 2 heteroatoms. The lowest BCUT2D eigenvalue weighted by atomic mass is 10.2. The molecule has 0 unspecified atom stereocenters. The van der Waals surface area contributed by atoms with Crippen LogP contribution in [0.3, 0.4) is 0 Å². The van der Waals surface area contributed by atoms with Gasteiger partial charge in [0.2, 0.25) is 0 Å². The number of aldehydes is 2. The molecule has 0 heterocycles. The van der Waals surface area contributed by atoms with Crippen LogP contribution in [0, 0.1) is 0 Å². The molecule has 0 aliphatic carbocycles. The second kappa shape index (κ2) is 21.1. The second-order valence-corrected chi connectivity index (χ2v) is 4.11. The smallest absolute Gasteiger partial charge is 0.142 e. The fourth-order valence-corrected chi connectivity index (χ4v) is 1.27. The van der Waals surface area contributed by atoms with Crippen molar-refractivity contribution in [3.63, 3.8) is 0 Å². The molecule has 0 aliphatic heterocycles. The lowest BCUT2D eigenvalue weighted by molar-refractivity contribution is -0.108. The maximum Gasteiger partial charge on any atom is 0.142 e. The first-order valence-corrected chi connectivity index (χ1v) is 7.04. The van der Waals surface area contributed by atoms with Crippen LogP contribution in [0.25, 0.3) is 0 Å². The Morgan fingerprint density at radius 3 is 1.83 bits per heavy atom. The van der Waals surface area contributed by atoms with Crippen molar-refractivity contribution in [3.8, 4) is 0 Å². The van der Waals surface area contributed by atoms with E-state index < -0.39 is 0 Å². The zero-order valence-corrected chi connectivity index (χ0v) is 11.9. The topological polar surface area (TPSA) is 34.1 Å². The largest absolute Gasteiger partial charge is 0.303 e. The minimum atomic E-state index is 0.744. The molecule has 0 fully saturated rings. The molecule has 0 aliphatic rings. The van der Waals surface area contributed by atoms with Crippen molar-refractivity contribution in [1.29, 1.82) is 0 Å². The van der Waals surface area contributed by atoms with E-state index in [9.17, 15) is 9.59 Å². The predicted molar refractivity (Wildman–Crippen MR) is 78.7 cm³/mol. The maximum absolute atomic E-state index is 9.82. The Labute approximate surface area is 112 Å². The van der Waals surface area contributed by atoms with Crippen molar-refractivity contribution in [2.45, 2.75) is 65.2 Å². The molecule has 104 valence electrons. The summed E-state index contributed by atoms with van der Waals surface area (Å²) >= 11 is 0. The second-order valence-electron chi connectivity index (χ2n) is 4.11. The van der Waals surface area contributed by atoms with E-state index >= 15 is 0 Å². The number of hydrogen-bond acceptors (Lipinski definition) is 2. The van der Waals surface area contributed by atoms with Gasteiger partial charge in [-0.1, -0.05) is 57.8 Å². The summed E-state index contributed by atoms with van der Waals surface area (Å²) in [5.41, 5.74) is 0. The number of rotatable bonds is 10. The fraction of sp³-hybridized carbons (Fsp3) is 0.625. The Kier molecular flexibility index (Phi) is 22.5. The van der Waals surface area contributed by atoms with Crippen molar-refractivity contribution in [3.05, 3.63) is 24.3 Å². The van der Waals surface area contributed by atoms with Crippen LogP contribution in [-0.2, 0) is 9.59 Å². The molecule has 0 atom stereocenters.